The number of halogens is 1. The maximum Gasteiger partial charge on any atom is 0.215 e. The third-order valence-electron chi connectivity index (χ3n) is 1.71. The van der Waals surface area contributed by atoms with E-state index in [0.29, 0.717) is 11.5 Å². The Bertz CT molecular complexity index is 269. The van der Waals surface area contributed by atoms with Crippen molar-refractivity contribution in [2.45, 2.75) is 27.2 Å². The second-order valence-corrected chi connectivity index (χ2v) is 3.55. The molecule has 1 aromatic heterocycles. The van der Waals surface area contributed by atoms with Gasteiger partial charge in [0.15, 0.2) is 0 Å². The molecule has 0 aromatic carbocycles. The van der Waals surface area contributed by atoms with Crippen LogP contribution in [0.3, 0.4) is 0 Å². The van der Waals surface area contributed by atoms with Crippen molar-refractivity contribution < 1.29 is 4.39 Å². The standard InChI is InChI=1S/C10H14FN/c1-7(2)4-9-5-8(3)10(11)12-6-9/h5-7H,4H2,1-3H3. The molecule has 0 atom stereocenters. The number of rotatable bonds is 2. The van der Waals surface area contributed by atoms with Gasteiger partial charge in [-0.25, -0.2) is 4.98 Å². The summed E-state index contributed by atoms with van der Waals surface area (Å²) in [5.41, 5.74) is 1.75. The van der Waals surface area contributed by atoms with E-state index in [4.69, 9.17) is 0 Å². The molecule has 0 bridgehead atoms. The SMILES string of the molecule is Cc1cc(CC(C)C)cnc1F. The lowest BCUT2D eigenvalue weighted by molar-refractivity contribution is 0.568. The molecule has 2 heteroatoms. The van der Waals surface area contributed by atoms with Crippen LogP contribution in [0.15, 0.2) is 12.3 Å². The summed E-state index contributed by atoms with van der Waals surface area (Å²) in [6.07, 6.45) is 2.58. The van der Waals surface area contributed by atoms with Crippen LogP contribution >= 0.6 is 0 Å². The van der Waals surface area contributed by atoms with Gasteiger partial charge in [0.05, 0.1) is 0 Å². The molecule has 1 rings (SSSR count). The van der Waals surface area contributed by atoms with Crippen molar-refractivity contribution in [3.63, 3.8) is 0 Å². The Morgan fingerprint density at radius 1 is 1.50 bits per heavy atom. The number of hydrogen-bond acceptors (Lipinski definition) is 1. The van der Waals surface area contributed by atoms with Crippen LogP contribution in [0.25, 0.3) is 0 Å². The average Bonchev–Trinajstić information content (AvgIpc) is 1.96. The van der Waals surface area contributed by atoms with Gasteiger partial charge in [-0.3, -0.25) is 0 Å². The van der Waals surface area contributed by atoms with E-state index in [-0.39, 0.29) is 5.95 Å². The highest BCUT2D eigenvalue weighted by atomic mass is 19.1. The Balaban J connectivity index is 2.82. The molecule has 0 aliphatic heterocycles. The second kappa shape index (κ2) is 3.65. The summed E-state index contributed by atoms with van der Waals surface area (Å²) in [5, 5.41) is 0. The maximum absolute atomic E-state index is 12.7. The zero-order valence-corrected chi connectivity index (χ0v) is 7.76. The van der Waals surface area contributed by atoms with Crippen molar-refractivity contribution in [3.05, 3.63) is 29.3 Å². The highest BCUT2D eigenvalue weighted by Gasteiger charge is 2.01. The van der Waals surface area contributed by atoms with Crippen LogP contribution in [0.2, 0.25) is 0 Å². The highest BCUT2D eigenvalue weighted by Crippen LogP contribution is 2.10. The van der Waals surface area contributed by atoms with E-state index < -0.39 is 0 Å². The van der Waals surface area contributed by atoms with Crippen LogP contribution in [-0.2, 0) is 6.42 Å². The third-order valence-corrected chi connectivity index (χ3v) is 1.71. The summed E-state index contributed by atoms with van der Waals surface area (Å²) in [5.74, 6) is 0.235. The number of aromatic nitrogens is 1. The first-order valence-corrected chi connectivity index (χ1v) is 4.20. The Labute approximate surface area is 72.6 Å². The van der Waals surface area contributed by atoms with Gasteiger partial charge in [-0.15, -0.1) is 0 Å². The van der Waals surface area contributed by atoms with Crippen molar-refractivity contribution in [2.24, 2.45) is 5.92 Å². The first-order chi connectivity index (χ1) is 5.59. The van der Waals surface area contributed by atoms with Gasteiger partial charge in [-0.05, 0) is 24.8 Å². The van der Waals surface area contributed by atoms with Gasteiger partial charge in [0.25, 0.3) is 0 Å². The third kappa shape index (κ3) is 2.29. The summed E-state index contributed by atoms with van der Waals surface area (Å²) in [6.45, 7) is 6.02. The highest BCUT2D eigenvalue weighted by molar-refractivity contribution is 5.18. The van der Waals surface area contributed by atoms with Crippen LogP contribution in [-0.4, -0.2) is 4.98 Å². The van der Waals surface area contributed by atoms with Gasteiger partial charge in [0.2, 0.25) is 5.95 Å². The predicted octanol–water partition coefficient (Wildman–Crippen LogP) is 2.73. The summed E-state index contributed by atoms with van der Waals surface area (Å²) in [6, 6.07) is 1.86. The van der Waals surface area contributed by atoms with Crippen LogP contribution in [0.1, 0.15) is 25.0 Å². The van der Waals surface area contributed by atoms with Gasteiger partial charge < -0.3 is 0 Å². The van der Waals surface area contributed by atoms with Gasteiger partial charge >= 0.3 is 0 Å². The van der Waals surface area contributed by atoms with E-state index >= 15 is 0 Å². The lowest BCUT2D eigenvalue weighted by Gasteiger charge is -2.04. The number of aryl methyl sites for hydroxylation is 1. The Hall–Kier alpha value is -0.920. The Kier molecular flexibility index (Phi) is 2.79. The fraction of sp³-hybridized carbons (Fsp3) is 0.500. The fourth-order valence-corrected chi connectivity index (χ4v) is 1.20. The predicted molar refractivity (Wildman–Crippen MR) is 47.5 cm³/mol. The van der Waals surface area contributed by atoms with Crippen molar-refractivity contribution in [1.29, 1.82) is 0 Å². The van der Waals surface area contributed by atoms with E-state index in [0.717, 1.165) is 12.0 Å². The zero-order valence-electron chi connectivity index (χ0n) is 7.76. The van der Waals surface area contributed by atoms with Gasteiger partial charge in [0, 0.05) is 11.8 Å². The van der Waals surface area contributed by atoms with Crippen LogP contribution in [0.4, 0.5) is 4.39 Å². The van der Waals surface area contributed by atoms with Gasteiger partial charge in [-0.1, -0.05) is 19.9 Å². The van der Waals surface area contributed by atoms with E-state index in [1.165, 1.54) is 0 Å². The van der Waals surface area contributed by atoms with Crippen molar-refractivity contribution in [3.8, 4) is 0 Å². The minimum atomic E-state index is -0.359. The molecule has 66 valence electrons. The van der Waals surface area contributed by atoms with E-state index in [2.05, 4.69) is 18.8 Å². The summed E-state index contributed by atoms with van der Waals surface area (Å²) in [4.78, 5) is 3.67. The monoisotopic (exact) mass is 167 g/mol. The van der Waals surface area contributed by atoms with E-state index in [1.807, 2.05) is 6.07 Å². The number of hydrogen-bond donors (Lipinski definition) is 0. The minimum absolute atomic E-state index is 0.359. The first kappa shape index (κ1) is 9.17. The molecule has 0 amide bonds. The summed E-state index contributed by atoms with van der Waals surface area (Å²) in [7, 11) is 0. The topological polar surface area (TPSA) is 12.9 Å². The largest absolute Gasteiger partial charge is 0.228 e. The molecule has 0 saturated carbocycles. The maximum atomic E-state index is 12.7. The average molecular weight is 167 g/mol. The van der Waals surface area contributed by atoms with Crippen LogP contribution in [0.5, 0.6) is 0 Å². The minimum Gasteiger partial charge on any atom is -0.228 e. The first-order valence-electron chi connectivity index (χ1n) is 4.20. The van der Waals surface area contributed by atoms with Crippen molar-refractivity contribution >= 4 is 0 Å². The van der Waals surface area contributed by atoms with Gasteiger partial charge in [-0.2, -0.15) is 4.39 Å². The molecule has 1 heterocycles. The molecule has 0 radical (unpaired) electrons. The van der Waals surface area contributed by atoms with Crippen LogP contribution in [0, 0.1) is 18.8 Å². The molecule has 12 heavy (non-hydrogen) atoms. The van der Waals surface area contributed by atoms with Gasteiger partial charge in [0.1, 0.15) is 0 Å². The quantitative estimate of drug-likeness (QED) is 0.617. The fourth-order valence-electron chi connectivity index (χ4n) is 1.20. The Morgan fingerprint density at radius 3 is 2.67 bits per heavy atom. The second-order valence-electron chi connectivity index (χ2n) is 3.55. The molecule has 0 N–H and O–H groups in total. The molecule has 0 spiro atoms. The molecule has 0 saturated heterocycles. The molecule has 0 fully saturated rings. The molecule has 1 nitrogen and oxygen atoms in total. The lowest BCUT2D eigenvalue weighted by Crippen LogP contribution is -1.97. The van der Waals surface area contributed by atoms with Crippen LogP contribution < -0.4 is 0 Å². The molecule has 0 aliphatic carbocycles. The molecular formula is C10H14FN. The van der Waals surface area contributed by atoms with E-state index in [9.17, 15) is 4.39 Å². The zero-order chi connectivity index (χ0) is 9.14. The lowest BCUT2D eigenvalue weighted by atomic mass is 10.0. The molecule has 1 aromatic rings. The number of nitrogens with zero attached hydrogens (tertiary/aromatic N) is 1. The number of pyridine rings is 1. The smallest absolute Gasteiger partial charge is 0.215 e. The van der Waals surface area contributed by atoms with Crippen molar-refractivity contribution in [1.82, 2.24) is 4.98 Å². The molecule has 0 aliphatic rings. The molecule has 0 unspecified atom stereocenters. The molecular weight excluding hydrogens is 153 g/mol. The van der Waals surface area contributed by atoms with Crippen molar-refractivity contribution in [2.75, 3.05) is 0 Å². The normalized spacial score (nSPS) is 10.8. The summed E-state index contributed by atoms with van der Waals surface area (Å²) >= 11 is 0. The Morgan fingerprint density at radius 2 is 2.17 bits per heavy atom. The van der Waals surface area contributed by atoms with E-state index in [1.54, 1.807) is 13.1 Å². The summed E-state index contributed by atoms with van der Waals surface area (Å²) < 4.78 is 12.7.